The fourth-order valence-electron chi connectivity index (χ4n) is 2.03. The summed E-state index contributed by atoms with van der Waals surface area (Å²) in [6.45, 7) is 5.88. The first-order valence-electron chi connectivity index (χ1n) is 6.36. The Bertz CT molecular complexity index is 548. The van der Waals surface area contributed by atoms with Crippen LogP contribution in [0.15, 0.2) is 18.5 Å². The predicted octanol–water partition coefficient (Wildman–Crippen LogP) is 1.40. The van der Waals surface area contributed by atoms with Gasteiger partial charge >= 0.3 is 0 Å². The third-order valence-electron chi connectivity index (χ3n) is 3.00. The molecule has 19 heavy (non-hydrogen) atoms. The molecule has 0 amide bonds. The van der Waals surface area contributed by atoms with Gasteiger partial charge < -0.3 is 10.6 Å². The van der Waals surface area contributed by atoms with Crippen LogP contribution in [0.25, 0.3) is 0 Å². The molecular formula is C13H20N6. The molecule has 0 aliphatic rings. The van der Waals surface area contributed by atoms with Crippen LogP contribution in [-0.2, 0) is 6.54 Å². The Hall–Kier alpha value is -2.11. The van der Waals surface area contributed by atoms with Gasteiger partial charge in [-0.1, -0.05) is 0 Å². The highest BCUT2D eigenvalue weighted by Crippen LogP contribution is 2.09. The van der Waals surface area contributed by atoms with Gasteiger partial charge in [-0.15, -0.1) is 0 Å². The van der Waals surface area contributed by atoms with Crippen molar-refractivity contribution in [1.82, 2.24) is 19.7 Å². The van der Waals surface area contributed by atoms with E-state index in [0.29, 0.717) is 5.82 Å². The second kappa shape index (κ2) is 5.69. The fraction of sp³-hybridized carbons (Fsp3) is 0.462. The monoisotopic (exact) mass is 260 g/mol. The van der Waals surface area contributed by atoms with E-state index in [1.165, 1.54) is 5.69 Å². The largest absolute Gasteiger partial charge is 0.382 e. The lowest BCUT2D eigenvalue weighted by atomic mass is 10.3. The maximum atomic E-state index is 5.62. The minimum atomic E-state index is 0.447. The Morgan fingerprint density at radius 1 is 1.32 bits per heavy atom. The van der Waals surface area contributed by atoms with E-state index in [4.69, 9.17) is 5.73 Å². The SMILES string of the molecule is Cc1cc(C)n(CCCN(C)c2cncc(N)n2)n1. The van der Waals surface area contributed by atoms with E-state index in [1.54, 1.807) is 12.4 Å². The maximum Gasteiger partial charge on any atom is 0.149 e. The zero-order valence-corrected chi connectivity index (χ0v) is 11.7. The average molecular weight is 260 g/mol. The van der Waals surface area contributed by atoms with Crippen molar-refractivity contribution in [2.75, 3.05) is 24.2 Å². The summed E-state index contributed by atoms with van der Waals surface area (Å²) in [5, 5.41) is 4.44. The zero-order chi connectivity index (χ0) is 13.8. The molecule has 0 unspecified atom stereocenters. The standard InChI is InChI=1S/C13H20N6/c1-10-7-11(2)19(17-10)6-4-5-18(3)13-9-15-8-12(14)16-13/h7-9H,4-6H2,1-3H3,(H2,14,16). The smallest absolute Gasteiger partial charge is 0.149 e. The van der Waals surface area contributed by atoms with Gasteiger partial charge in [0.1, 0.15) is 11.6 Å². The van der Waals surface area contributed by atoms with Gasteiger partial charge in [-0.2, -0.15) is 5.10 Å². The Morgan fingerprint density at radius 2 is 2.11 bits per heavy atom. The van der Waals surface area contributed by atoms with Crippen molar-refractivity contribution in [2.45, 2.75) is 26.8 Å². The number of nitrogen functional groups attached to an aromatic ring is 1. The molecule has 0 aromatic carbocycles. The molecule has 0 radical (unpaired) electrons. The number of nitrogens with two attached hydrogens (primary N) is 1. The molecule has 2 aromatic heterocycles. The van der Waals surface area contributed by atoms with E-state index in [1.807, 2.05) is 18.7 Å². The molecule has 0 spiro atoms. The normalized spacial score (nSPS) is 10.7. The first-order valence-corrected chi connectivity index (χ1v) is 6.36. The molecule has 2 rings (SSSR count). The Labute approximate surface area is 113 Å². The Morgan fingerprint density at radius 3 is 2.74 bits per heavy atom. The first-order chi connectivity index (χ1) is 9.06. The summed E-state index contributed by atoms with van der Waals surface area (Å²) >= 11 is 0. The second-order valence-electron chi connectivity index (χ2n) is 4.73. The van der Waals surface area contributed by atoms with Crippen molar-refractivity contribution in [2.24, 2.45) is 0 Å². The van der Waals surface area contributed by atoms with Crippen LogP contribution in [0.4, 0.5) is 11.6 Å². The molecule has 0 aliphatic heterocycles. The van der Waals surface area contributed by atoms with Crippen molar-refractivity contribution in [3.05, 3.63) is 29.8 Å². The van der Waals surface area contributed by atoms with Gasteiger partial charge in [-0.25, -0.2) is 4.98 Å². The molecule has 0 bridgehead atoms. The molecule has 2 heterocycles. The lowest BCUT2D eigenvalue weighted by Crippen LogP contribution is -2.21. The topological polar surface area (TPSA) is 72.9 Å². The van der Waals surface area contributed by atoms with E-state index in [-0.39, 0.29) is 0 Å². The van der Waals surface area contributed by atoms with Gasteiger partial charge in [0.15, 0.2) is 0 Å². The minimum absolute atomic E-state index is 0.447. The van der Waals surface area contributed by atoms with Gasteiger partial charge in [-0.05, 0) is 26.3 Å². The summed E-state index contributed by atoms with van der Waals surface area (Å²) in [6, 6.07) is 2.09. The van der Waals surface area contributed by atoms with Crippen LogP contribution in [0.2, 0.25) is 0 Å². The minimum Gasteiger partial charge on any atom is -0.382 e. The highest BCUT2D eigenvalue weighted by molar-refractivity contribution is 5.40. The number of aromatic nitrogens is 4. The van der Waals surface area contributed by atoms with Gasteiger partial charge in [0.2, 0.25) is 0 Å². The lowest BCUT2D eigenvalue weighted by molar-refractivity contribution is 0.561. The molecular weight excluding hydrogens is 240 g/mol. The predicted molar refractivity (Wildman–Crippen MR) is 76.0 cm³/mol. The van der Waals surface area contributed by atoms with Crippen LogP contribution in [-0.4, -0.2) is 33.3 Å². The van der Waals surface area contributed by atoms with Crippen molar-refractivity contribution in [1.29, 1.82) is 0 Å². The Kier molecular flexibility index (Phi) is 3.99. The summed E-state index contributed by atoms with van der Waals surface area (Å²) < 4.78 is 2.04. The number of hydrogen-bond acceptors (Lipinski definition) is 5. The quantitative estimate of drug-likeness (QED) is 0.879. The molecule has 2 N–H and O–H groups in total. The van der Waals surface area contributed by atoms with E-state index in [9.17, 15) is 0 Å². The number of anilines is 2. The van der Waals surface area contributed by atoms with Gasteiger partial charge in [0.05, 0.1) is 18.1 Å². The van der Waals surface area contributed by atoms with E-state index in [2.05, 4.69) is 33.0 Å². The average Bonchev–Trinajstić information content (AvgIpc) is 2.68. The number of aryl methyl sites for hydroxylation is 3. The van der Waals surface area contributed by atoms with Crippen molar-refractivity contribution >= 4 is 11.6 Å². The van der Waals surface area contributed by atoms with Gasteiger partial charge in [0.25, 0.3) is 0 Å². The summed E-state index contributed by atoms with van der Waals surface area (Å²) in [7, 11) is 1.99. The highest BCUT2D eigenvalue weighted by Gasteiger charge is 2.05. The van der Waals surface area contributed by atoms with Crippen LogP contribution in [0.3, 0.4) is 0 Å². The molecule has 6 nitrogen and oxygen atoms in total. The molecule has 0 aliphatic carbocycles. The molecule has 0 saturated carbocycles. The zero-order valence-electron chi connectivity index (χ0n) is 11.7. The number of nitrogens with zero attached hydrogens (tertiary/aromatic N) is 5. The third kappa shape index (κ3) is 3.43. The van der Waals surface area contributed by atoms with E-state index in [0.717, 1.165) is 31.0 Å². The first kappa shape index (κ1) is 13.3. The maximum absolute atomic E-state index is 5.62. The molecule has 102 valence electrons. The molecule has 0 saturated heterocycles. The molecule has 0 fully saturated rings. The highest BCUT2D eigenvalue weighted by atomic mass is 15.3. The Balaban J connectivity index is 1.87. The van der Waals surface area contributed by atoms with Crippen LogP contribution in [0.5, 0.6) is 0 Å². The van der Waals surface area contributed by atoms with Gasteiger partial charge in [-0.3, -0.25) is 9.67 Å². The molecule has 6 heteroatoms. The molecule has 0 atom stereocenters. The van der Waals surface area contributed by atoms with Crippen LogP contribution in [0.1, 0.15) is 17.8 Å². The van der Waals surface area contributed by atoms with Crippen molar-refractivity contribution in [3.8, 4) is 0 Å². The third-order valence-corrected chi connectivity index (χ3v) is 3.00. The lowest BCUT2D eigenvalue weighted by Gasteiger charge is -2.17. The fourth-order valence-corrected chi connectivity index (χ4v) is 2.03. The van der Waals surface area contributed by atoms with Crippen molar-refractivity contribution < 1.29 is 0 Å². The van der Waals surface area contributed by atoms with Crippen LogP contribution >= 0.6 is 0 Å². The number of hydrogen-bond donors (Lipinski definition) is 1. The van der Waals surface area contributed by atoms with E-state index >= 15 is 0 Å². The van der Waals surface area contributed by atoms with Crippen LogP contribution in [0, 0.1) is 13.8 Å². The second-order valence-corrected chi connectivity index (χ2v) is 4.73. The van der Waals surface area contributed by atoms with Crippen LogP contribution < -0.4 is 10.6 Å². The van der Waals surface area contributed by atoms with Gasteiger partial charge in [0, 0.05) is 25.8 Å². The summed E-state index contributed by atoms with van der Waals surface area (Å²) in [6.07, 6.45) is 4.27. The number of rotatable bonds is 5. The van der Waals surface area contributed by atoms with Crippen molar-refractivity contribution in [3.63, 3.8) is 0 Å². The summed E-state index contributed by atoms with van der Waals surface area (Å²) in [5.41, 5.74) is 7.88. The summed E-state index contributed by atoms with van der Waals surface area (Å²) in [4.78, 5) is 10.3. The van der Waals surface area contributed by atoms with E-state index < -0.39 is 0 Å². The summed E-state index contributed by atoms with van der Waals surface area (Å²) in [5.74, 6) is 1.25. The molecule has 2 aromatic rings.